The standard InChI is InChI=1S/C35H34ClN5O3/c36-28-7-4-25(5-8-28)31-2-1-3-33(43-23-24-18-37-19-24)32(31)21-40-12-14-41(15-13-40)29-9-6-27(22-42)34(17-29)44-30-16-26-10-11-38-35(26)39-20-30/h1-11,16-17,20,22,24,37H,12-15,18-19,21,23H2,(H,38,39). The highest BCUT2D eigenvalue weighted by molar-refractivity contribution is 6.30. The van der Waals surface area contributed by atoms with E-state index >= 15 is 0 Å². The summed E-state index contributed by atoms with van der Waals surface area (Å²) < 4.78 is 12.6. The van der Waals surface area contributed by atoms with Crippen LogP contribution in [-0.2, 0) is 6.54 Å². The third-order valence-electron chi connectivity index (χ3n) is 8.47. The average molecular weight is 608 g/mol. The first kappa shape index (κ1) is 28.4. The number of hydrogen-bond donors (Lipinski definition) is 2. The van der Waals surface area contributed by atoms with Gasteiger partial charge in [-0.3, -0.25) is 9.69 Å². The van der Waals surface area contributed by atoms with Crippen LogP contribution in [-0.4, -0.2) is 67.0 Å². The number of hydrogen-bond acceptors (Lipinski definition) is 7. The first-order chi connectivity index (χ1) is 21.6. The van der Waals surface area contributed by atoms with Gasteiger partial charge in [0.15, 0.2) is 6.29 Å². The molecule has 9 heteroatoms. The van der Waals surface area contributed by atoms with Gasteiger partial charge in [0.1, 0.15) is 22.9 Å². The minimum absolute atomic E-state index is 0.505. The van der Waals surface area contributed by atoms with Crippen LogP contribution in [0.5, 0.6) is 17.2 Å². The predicted molar refractivity (Wildman–Crippen MR) is 174 cm³/mol. The first-order valence-electron chi connectivity index (χ1n) is 15.0. The highest BCUT2D eigenvalue weighted by Crippen LogP contribution is 2.35. The Bertz CT molecular complexity index is 1760. The number of nitrogens with one attached hydrogen (secondary N) is 2. The Labute approximate surface area is 261 Å². The number of halogens is 1. The molecule has 2 fully saturated rings. The molecule has 0 aliphatic carbocycles. The summed E-state index contributed by atoms with van der Waals surface area (Å²) in [5.41, 5.74) is 5.84. The summed E-state index contributed by atoms with van der Waals surface area (Å²) in [4.78, 5) is 24.2. The maximum absolute atomic E-state index is 11.8. The molecule has 7 rings (SSSR count). The number of carbonyl (C=O) groups is 1. The van der Waals surface area contributed by atoms with E-state index in [9.17, 15) is 4.79 Å². The van der Waals surface area contributed by atoms with Gasteiger partial charge in [-0.1, -0.05) is 35.9 Å². The maximum Gasteiger partial charge on any atom is 0.153 e. The molecule has 4 heterocycles. The van der Waals surface area contributed by atoms with Gasteiger partial charge in [-0.25, -0.2) is 4.98 Å². The zero-order chi connectivity index (χ0) is 29.9. The molecule has 2 aliphatic rings. The van der Waals surface area contributed by atoms with Crippen LogP contribution >= 0.6 is 11.6 Å². The minimum Gasteiger partial charge on any atom is -0.493 e. The SMILES string of the molecule is O=Cc1ccc(N2CCN(Cc3c(OCC4CNC4)cccc3-c3ccc(Cl)cc3)CC2)cc1Oc1cnc2[nH]ccc2c1. The number of benzene rings is 3. The number of fused-ring (bicyclic) bond motifs is 1. The molecular formula is C35H34ClN5O3. The molecule has 0 amide bonds. The summed E-state index contributed by atoms with van der Waals surface area (Å²) in [5.74, 6) is 2.62. The highest BCUT2D eigenvalue weighted by atomic mass is 35.5. The lowest BCUT2D eigenvalue weighted by molar-refractivity contribution is 0.112. The Morgan fingerprint density at radius 3 is 2.57 bits per heavy atom. The van der Waals surface area contributed by atoms with Crippen molar-refractivity contribution in [1.29, 1.82) is 0 Å². The summed E-state index contributed by atoms with van der Waals surface area (Å²) in [6.45, 7) is 7.00. The zero-order valence-electron chi connectivity index (χ0n) is 24.3. The van der Waals surface area contributed by atoms with Crippen LogP contribution < -0.4 is 19.7 Å². The van der Waals surface area contributed by atoms with Crippen LogP contribution in [0.4, 0.5) is 5.69 Å². The smallest absolute Gasteiger partial charge is 0.153 e. The van der Waals surface area contributed by atoms with E-state index in [1.165, 1.54) is 11.1 Å². The molecule has 0 saturated carbocycles. The average Bonchev–Trinajstić information content (AvgIpc) is 3.50. The second-order valence-electron chi connectivity index (χ2n) is 11.4. The van der Waals surface area contributed by atoms with Crippen LogP contribution in [0.3, 0.4) is 0 Å². The van der Waals surface area contributed by atoms with Gasteiger partial charge in [-0.2, -0.15) is 0 Å². The van der Waals surface area contributed by atoms with Gasteiger partial charge in [0.25, 0.3) is 0 Å². The summed E-state index contributed by atoms with van der Waals surface area (Å²) >= 11 is 6.21. The predicted octanol–water partition coefficient (Wildman–Crippen LogP) is 6.41. The molecule has 8 nitrogen and oxygen atoms in total. The molecule has 0 spiro atoms. The van der Waals surface area contributed by atoms with Gasteiger partial charge in [-0.05, 0) is 53.6 Å². The molecule has 44 heavy (non-hydrogen) atoms. The molecule has 224 valence electrons. The number of aromatic nitrogens is 2. The number of aldehydes is 1. The molecule has 5 aromatic rings. The van der Waals surface area contributed by atoms with Gasteiger partial charge in [-0.15, -0.1) is 0 Å². The van der Waals surface area contributed by atoms with E-state index in [2.05, 4.69) is 55.4 Å². The summed E-state index contributed by atoms with van der Waals surface area (Å²) in [6, 6.07) is 24.0. The summed E-state index contributed by atoms with van der Waals surface area (Å²) in [6.07, 6.45) is 4.34. The topological polar surface area (TPSA) is 82.7 Å². The molecule has 0 bridgehead atoms. The van der Waals surface area contributed by atoms with E-state index in [4.69, 9.17) is 21.1 Å². The van der Waals surface area contributed by atoms with Crippen LogP contribution in [0.15, 0.2) is 85.2 Å². The molecular weight excluding hydrogens is 574 g/mol. The normalized spacial score (nSPS) is 15.7. The largest absolute Gasteiger partial charge is 0.493 e. The number of rotatable bonds is 10. The molecule has 2 aliphatic heterocycles. The number of H-pyrrole nitrogens is 1. The van der Waals surface area contributed by atoms with Crippen LogP contribution in [0.25, 0.3) is 22.2 Å². The molecule has 3 aromatic carbocycles. The van der Waals surface area contributed by atoms with Gasteiger partial charge in [0.05, 0.1) is 18.4 Å². The Morgan fingerprint density at radius 1 is 0.955 bits per heavy atom. The van der Waals surface area contributed by atoms with Crippen molar-refractivity contribution in [2.24, 2.45) is 5.92 Å². The lowest BCUT2D eigenvalue weighted by atomic mass is 9.98. The monoisotopic (exact) mass is 607 g/mol. The summed E-state index contributed by atoms with van der Waals surface area (Å²) in [7, 11) is 0. The van der Waals surface area contributed by atoms with Gasteiger partial charge < -0.3 is 24.7 Å². The third-order valence-corrected chi connectivity index (χ3v) is 8.73. The molecule has 2 saturated heterocycles. The number of pyridine rings is 1. The van der Waals surface area contributed by atoms with Crippen molar-refractivity contribution in [3.63, 3.8) is 0 Å². The third kappa shape index (κ3) is 6.15. The zero-order valence-corrected chi connectivity index (χ0v) is 25.1. The van der Waals surface area contributed by atoms with Crippen molar-refractivity contribution in [2.75, 3.05) is 50.8 Å². The van der Waals surface area contributed by atoms with Crippen molar-refractivity contribution < 1.29 is 14.3 Å². The quantitative estimate of drug-likeness (QED) is 0.178. The number of piperazine rings is 1. The molecule has 0 unspecified atom stereocenters. The second-order valence-corrected chi connectivity index (χ2v) is 11.9. The molecule has 0 radical (unpaired) electrons. The number of carbonyl (C=O) groups excluding carboxylic acids is 1. The fourth-order valence-corrected chi connectivity index (χ4v) is 5.96. The Hall–Kier alpha value is -4.37. The molecule has 2 aromatic heterocycles. The second kappa shape index (κ2) is 12.7. The van der Waals surface area contributed by atoms with Crippen molar-refractivity contribution in [3.8, 4) is 28.4 Å². The van der Waals surface area contributed by atoms with Crippen molar-refractivity contribution >= 4 is 34.6 Å². The Balaban J connectivity index is 1.07. The number of ether oxygens (including phenoxy) is 2. The number of anilines is 1. The fraction of sp³-hybridized carbons (Fsp3) is 0.257. The van der Waals surface area contributed by atoms with Gasteiger partial charge in [0, 0.05) is 85.7 Å². The van der Waals surface area contributed by atoms with E-state index in [1.54, 1.807) is 6.20 Å². The van der Waals surface area contributed by atoms with Crippen LogP contribution in [0, 0.1) is 5.92 Å². The minimum atomic E-state index is 0.505. The van der Waals surface area contributed by atoms with E-state index < -0.39 is 0 Å². The van der Waals surface area contributed by atoms with E-state index in [0.29, 0.717) is 29.6 Å². The fourth-order valence-electron chi connectivity index (χ4n) is 5.83. The number of nitrogens with zero attached hydrogens (tertiary/aromatic N) is 3. The summed E-state index contributed by atoms with van der Waals surface area (Å²) in [5, 5.41) is 5.01. The van der Waals surface area contributed by atoms with Crippen molar-refractivity contribution in [3.05, 3.63) is 101 Å². The van der Waals surface area contributed by atoms with Crippen LogP contribution in [0.2, 0.25) is 5.02 Å². The molecule has 0 atom stereocenters. The van der Waals surface area contributed by atoms with Crippen molar-refractivity contribution in [2.45, 2.75) is 6.54 Å². The Morgan fingerprint density at radius 2 is 1.80 bits per heavy atom. The maximum atomic E-state index is 11.8. The van der Waals surface area contributed by atoms with Crippen LogP contribution in [0.1, 0.15) is 15.9 Å². The van der Waals surface area contributed by atoms with E-state index in [-0.39, 0.29) is 0 Å². The lowest BCUT2D eigenvalue weighted by Gasteiger charge is -2.37. The molecule has 2 N–H and O–H groups in total. The Kier molecular flexibility index (Phi) is 8.20. The van der Waals surface area contributed by atoms with Crippen molar-refractivity contribution in [1.82, 2.24) is 20.2 Å². The first-order valence-corrected chi connectivity index (χ1v) is 15.4. The van der Waals surface area contributed by atoms with E-state index in [0.717, 1.165) is 85.2 Å². The highest BCUT2D eigenvalue weighted by Gasteiger charge is 2.23. The number of aromatic amines is 1. The van der Waals surface area contributed by atoms with Gasteiger partial charge in [0.2, 0.25) is 0 Å². The van der Waals surface area contributed by atoms with Gasteiger partial charge >= 0.3 is 0 Å². The lowest BCUT2D eigenvalue weighted by Crippen LogP contribution is -2.46. The van der Waals surface area contributed by atoms with E-state index in [1.807, 2.05) is 48.7 Å².